The number of H-pyrrole nitrogens is 2. The highest BCUT2D eigenvalue weighted by Crippen LogP contribution is 2.46. The van der Waals surface area contributed by atoms with Gasteiger partial charge in [0.15, 0.2) is 0 Å². The van der Waals surface area contributed by atoms with Crippen LogP contribution < -0.4 is 21.3 Å². The predicted octanol–water partition coefficient (Wildman–Crippen LogP) is 15.8. The van der Waals surface area contributed by atoms with E-state index in [0.29, 0.717) is 45.3 Å². The number of amides is 4. The van der Waals surface area contributed by atoms with Crippen molar-refractivity contribution in [2.75, 3.05) is 21.3 Å². The average molecular weight is 1450 g/mol. The maximum atomic E-state index is 13.6. The highest BCUT2D eigenvalue weighted by Gasteiger charge is 2.28. The molecule has 0 unspecified atom stereocenters. The molecule has 8 aromatic carbocycles. The molecule has 0 fully saturated rings. The number of hydrogen-bond acceptors (Lipinski definition) is 14. The van der Waals surface area contributed by atoms with Crippen LogP contribution in [0.4, 0.5) is 22.7 Å². The molecule has 0 atom stereocenters. The number of hydrogen-bond donors (Lipinski definition) is 14. The maximum Gasteiger partial charge on any atom is 0.394 e. The Kier molecular flexibility index (Phi) is 20.2. The number of nitrogens with one attached hydrogen (secondary N) is 6. The van der Waals surface area contributed by atoms with E-state index in [1.165, 1.54) is 0 Å². The zero-order chi connectivity index (χ0) is 73.0. The Morgan fingerprint density at radius 1 is 0.288 bits per heavy atom. The number of fused-ring (bicyclic) bond motifs is 8. The van der Waals surface area contributed by atoms with Crippen molar-refractivity contribution in [3.8, 4) is 89.0 Å². The van der Waals surface area contributed by atoms with E-state index in [2.05, 4.69) is 81.8 Å². The van der Waals surface area contributed by atoms with Crippen molar-refractivity contribution >= 4 is 167 Å². The van der Waals surface area contributed by atoms with Crippen LogP contribution in [0.1, 0.15) is 45.0 Å². The molecule has 3 aromatic heterocycles. The van der Waals surface area contributed by atoms with E-state index in [4.69, 9.17) is 9.97 Å². The normalized spacial score (nSPS) is 11.4. The minimum atomic E-state index is -1.78. The Labute approximate surface area is 614 Å². The van der Waals surface area contributed by atoms with E-state index < -0.39 is 47.5 Å². The second-order valence-corrected chi connectivity index (χ2v) is 25.3. The molecule has 4 amide bonds. The first-order valence-corrected chi connectivity index (χ1v) is 34.5. The number of benzene rings is 8. The van der Waals surface area contributed by atoms with E-state index >= 15 is 0 Å². The number of carbonyl (C=O) groups excluding carboxylic acids is 4. The predicted molar refractivity (Wildman–Crippen MR) is 418 cm³/mol. The lowest BCUT2D eigenvalue weighted by atomic mass is 9.95. The molecule has 2 aliphatic rings. The third kappa shape index (κ3) is 14.6. The van der Waals surface area contributed by atoms with Crippen LogP contribution in [0.5, 0.6) is 0 Å². The zero-order valence-corrected chi connectivity index (χ0v) is 57.9. The van der Waals surface area contributed by atoms with Gasteiger partial charge in [0.1, 0.15) is 0 Å². The first-order valence-electron chi connectivity index (χ1n) is 32.0. The Morgan fingerprint density at radius 3 is 0.702 bits per heavy atom. The quantitative estimate of drug-likeness (QED) is 0.0316. The summed E-state index contributed by atoms with van der Waals surface area (Å²) in [6, 6.07) is 57.5. The van der Waals surface area contributed by atoms with Crippen molar-refractivity contribution in [1.29, 1.82) is 0 Å². The third-order valence-electron chi connectivity index (χ3n) is 17.5. The molecule has 0 saturated heterocycles. The van der Waals surface area contributed by atoms with Gasteiger partial charge >= 0.3 is 47.5 Å². The van der Waals surface area contributed by atoms with Gasteiger partial charge in [-0.15, -0.1) is 0 Å². The van der Waals surface area contributed by atoms with Crippen LogP contribution in [0.3, 0.4) is 0 Å². The summed E-state index contributed by atoms with van der Waals surface area (Å²) in [6.07, 6.45) is 6.78. The van der Waals surface area contributed by atoms with E-state index in [-0.39, 0.29) is 112 Å². The highest BCUT2D eigenvalue weighted by atomic mass is 32.1. The molecule has 20 nitrogen and oxygen atoms in total. The molecule has 0 radical (unpaired) electrons. The molecule has 5 heterocycles. The van der Waals surface area contributed by atoms with Crippen molar-refractivity contribution in [2.24, 2.45) is 0 Å². The highest BCUT2D eigenvalue weighted by molar-refractivity contribution is 7.79. The van der Waals surface area contributed by atoms with E-state index in [9.17, 15) is 58.8 Å². The van der Waals surface area contributed by atoms with Gasteiger partial charge in [0.05, 0.1) is 22.8 Å². The Hall–Kier alpha value is -12.5. The van der Waals surface area contributed by atoms with Gasteiger partial charge in [-0.05, 0) is 164 Å². The van der Waals surface area contributed by atoms with Gasteiger partial charge in [-0.25, -0.2) is 29.1 Å². The van der Waals surface area contributed by atoms with Gasteiger partial charge in [-0.2, -0.15) is 50.5 Å². The zero-order valence-electron chi connectivity index (χ0n) is 54.4. The van der Waals surface area contributed by atoms with Crippen LogP contribution in [0.2, 0.25) is 0 Å². The lowest BCUT2D eigenvalue weighted by Gasteiger charge is -2.16. The third-order valence-corrected chi connectivity index (χ3v) is 18.9. The summed E-state index contributed by atoms with van der Waals surface area (Å²) in [5.41, 5.74) is 13.0. The van der Waals surface area contributed by atoms with Crippen molar-refractivity contribution < 1.29 is 58.8 Å². The lowest BCUT2D eigenvalue weighted by Crippen LogP contribution is -2.22. The fourth-order valence-corrected chi connectivity index (χ4v) is 13.4. The van der Waals surface area contributed by atoms with Crippen LogP contribution in [0.25, 0.3) is 135 Å². The van der Waals surface area contributed by atoms with E-state index in [1.807, 2.05) is 97.1 Å². The first-order chi connectivity index (χ1) is 50.3. The standard InChI is InChI=1S/C80H58N8O12S4/c89-73(77(93)94)85-57-17-13-49(45-9-1-5-41(29-45)37-101)33-53(57)69-61-21-23-63(81-61)70(54-34-50(46-10-2-6-42(30-46)38-102)14-18-58(54)86-74(90)78(95)96)65-25-27-67(83-65)72(56-36-52(48-12-4-8-44(32-48)40-104)16-20-60(56)88-76(92)80(99)100)68-28-26-66(84-68)71(64-24-22-62(69)82-64)55-35-51(47-11-3-7-43(31-47)39-103)15-19-59(55)87-75(91)79(97)98/h1-36,81,84,101-104H,37-40H2,(H,85,89)(H,86,90)(H,87,91)(H,88,92)(H,93,94)(H,95,96)(H,97,98)(H,99,100). The summed E-state index contributed by atoms with van der Waals surface area (Å²) in [4.78, 5) is 123. The van der Waals surface area contributed by atoms with Crippen LogP contribution in [0.15, 0.2) is 194 Å². The molecule has 0 saturated carbocycles. The number of rotatable bonds is 16. The fraction of sp³-hybridized carbons (Fsp3) is 0.0500. The number of aliphatic carboxylic acids is 4. The van der Waals surface area contributed by atoms with Gasteiger partial charge < -0.3 is 51.7 Å². The number of nitrogens with zero attached hydrogens (tertiary/aromatic N) is 2. The van der Waals surface area contributed by atoms with Crippen LogP contribution in [0, 0.1) is 0 Å². The summed E-state index contributed by atoms with van der Waals surface area (Å²) in [6.45, 7) is 0. The number of carboxylic acids is 4. The molecule has 8 bridgehead atoms. The summed E-state index contributed by atoms with van der Waals surface area (Å²) in [5, 5.41) is 51.2. The van der Waals surface area contributed by atoms with E-state index in [0.717, 1.165) is 44.5 Å². The van der Waals surface area contributed by atoms with E-state index in [1.54, 1.807) is 121 Å². The lowest BCUT2D eigenvalue weighted by molar-refractivity contribution is -0.147. The summed E-state index contributed by atoms with van der Waals surface area (Å²) < 4.78 is 0. The van der Waals surface area contributed by atoms with Crippen LogP contribution >= 0.6 is 50.5 Å². The average Bonchev–Trinajstić information content (AvgIpc) is 1.51. The van der Waals surface area contributed by atoms with Crippen molar-refractivity contribution in [1.82, 2.24) is 19.9 Å². The number of carbonyl (C=O) groups is 8. The molecule has 2 aliphatic heterocycles. The summed E-state index contributed by atoms with van der Waals surface area (Å²) >= 11 is 18.2. The Morgan fingerprint density at radius 2 is 0.500 bits per heavy atom. The second-order valence-electron chi connectivity index (χ2n) is 24.0. The molecule has 514 valence electrons. The van der Waals surface area contributed by atoms with Crippen molar-refractivity contribution in [2.45, 2.75) is 23.0 Å². The Bertz CT molecular complexity index is 5040. The topological polar surface area (TPSA) is 323 Å². The Balaban J connectivity index is 1.25. The van der Waals surface area contributed by atoms with Gasteiger partial charge in [0.2, 0.25) is 0 Å². The molecule has 13 rings (SSSR count). The largest absolute Gasteiger partial charge is 0.474 e. The summed E-state index contributed by atoms with van der Waals surface area (Å²) in [7, 11) is 0. The second kappa shape index (κ2) is 30.0. The van der Waals surface area contributed by atoms with Gasteiger partial charge in [0, 0.05) is 112 Å². The number of thiol groups is 4. The first kappa shape index (κ1) is 70.0. The molecule has 0 spiro atoms. The molecular formula is C80H58N8O12S4. The molecular weight excluding hydrogens is 1390 g/mol. The number of anilines is 4. The minimum Gasteiger partial charge on any atom is -0.474 e. The van der Waals surface area contributed by atoms with Crippen molar-refractivity contribution in [3.05, 3.63) is 239 Å². The molecule has 11 aromatic rings. The van der Waals surface area contributed by atoms with Crippen molar-refractivity contribution in [3.63, 3.8) is 0 Å². The van der Waals surface area contributed by atoms with Crippen LogP contribution in [-0.4, -0.2) is 87.9 Å². The van der Waals surface area contributed by atoms with Gasteiger partial charge in [-0.1, -0.05) is 121 Å². The maximum absolute atomic E-state index is 13.6. The summed E-state index contributed by atoms with van der Waals surface area (Å²) in [5.74, 6) is -11.0. The fourth-order valence-electron chi connectivity index (χ4n) is 12.6. The molecule has 104 heavy (non-hydrogen) atoms. The van der Waals surface area contributed by atoms with Crippen LogP contribution in [-0.2, 0) is 61.4 Å². The number of aromatic amines is 2. The van der Waals surface area contributed by atoms with Gasteiger partial charge in [-0.3, -0.25) is 19.2 Å². The minimum absolute atomic E-state index is 0.0338. The molecule has 10 N–H and O–H groups in total. The molecule has 24 heteroatoms. The SMILES string of the molecule is O=C(O)C(=O)Nc1ccc(-c2cccc(CS)c2)cc1-c1c2nc(c(-c3cc(-c4cccc(CS)c4)ccc3NC(=O)C(=O)O)c3ccc([nH]3)c(-c3cc(-c4cccc(CS)c4)ccc3NC(=O)C(=O)O)c3nc(c(-c4cc(-c5cccc(CS)c5)ccc4NC(=O)C(=O)O)c4ccc1[nH]4)C=C3)C=C2. The van der Waals surface area contributed by atoms with Gasteiger partial charge in [0.25, 0.3) is 0 Å². The monoisotopic (exact) mass is 1450 g/mol. The number of carboxylic acid groups (broad SMARTS) is 4. The smallest absolute Gasteiger partial charge is 0.394 e. The number of aromatic nitrogens is 4. The molecule has 0 aliphatic carbocycles.